The van der Waals surface area contributed by atoms with E-state index in [1.165, 1.54) is 0 Å². The van der Waals surface area contributed by atoms with Crippen LogP contribution in [0.1, 0.15) is 32.4 Å². The van der Waals surface area contributed by atoms with E-state index in [4.69, 9.17) is 4.74 Å². The molecule has 1 saturated heterocycles. The molecule has 0 saturated carbocycles. The summed E-state index contributed by atoms with van der Waals surface area (Å²) in [5.41, 5.74) is 1.03. The molecule has 0 spiro atoms. The van der Waals surface area contributed by atoms with Crippen molar-refractivity contribution in [3.8, 4) is 5.75 Å². The Bertz CT molecular complexity index is 528. The highest BCUT2D eigenvalue weighted by atomic mass is 16.5. The largest absolute Gasteiger partial charge is 0.493 e. The van der Waals surface area contributed by atoms with Gasteiger partial charge in [0.15, 0.2) is 0 Å². The summed E-state index contributed by atoms with van der Waals surface area (Å²) in [4.78, 5) is 16.8. The summed E-state index contributed by atoms with van der Waals surface area (Å²) in [5, 5.41) is 3.39. The summed E-state index contributed by atoms with van der Waals surface area (Å²) < 4.78 is 5.76. The Balaban J connectivity index is 2.21. The molecule has 5 nitrogen and oxygen atoms in total. The minimum absolute atomic E-state index is 0.125. The summed E-state index contributed by atoms with van der Waals surface area (Å²) in [5.74, 6) is 1.48. The molecule has 1 aliphatic rings. The van der Waals surface area contributed by atoms with Crippen molar-refractivity contribution in [2.75, 3.05) is 40.3 Å². The maximum absolute atomic E-state index is 12.8. The maximum atomic E-state index is 12.8. The highest BCUT2D eigenvalue weighted by molar-refractivity contribution is 5.83. The van der Waals surface area contributed by atoms with Gasteiger partial charge in [0.05, 0.1) is 6.61 Å². The van der Waals surface area contributed by atoms with Crippen molar-refractivity contribution in [1.82, 2.24) is 15.1 Å². The molecule has 0 bridgehead atoms. The zero-order chi connectivity index (χ0) is 17.7. The van der Waals surface area contributed by atoms with Crippen molar-refractivity contribution >= 4 is 5.91 Å². The number of carbonyl (C=O) groups is 1. The minimum atomic E-state index is -0.240. The van der Waals surface area contributed by atoms with Gasteiger partial charge in [0.1, 0.15) is 11.8 Å². The Morgan fingerprint density at radius 1 is 1.33 bits per heavy atom. The van der Waals surface area contributed by atoms with E-state index in [2.05, 4.69) is 31.0 Å². The summed E-state index contributed by atoms with van der Waals surface area (Å²) in [7, 11) is 3.64. The van der Waals surface area contributed by atoms with E-state index in [-0.39, 0.29) is 11.9 Å². The van der Waals surface area contributed by atoms with Gasteiger partial charge in [-0.25, -0.2) is 0 Å². The Morgan fingerprint density at radius 3 is 2.54 bits per heavy atom. The molecular weight excluding hydrogens is 302 g/mol. The van der Waals surface area contributed by atoms with Crippen LogP contribution in [-0.2, 0) is 4.79 Å². The molecule has 1 aromatic carbocycles. The first-order chi connectivity index (χ1) is 11.4. The van der Waals surface area contributed by atoms with E-state index in [0.29, 0.717) is 18.6 Å². The lowest BCUT2D eigenvalue weighted by molar-refractivity contribution is -0.136. The number of amides is 1. The molecule has 1 amide bonds. The maximum Gasteiger partial charge on any atom is 0.244 e. The number of nitrogens with one attached hydrogen (secondary N) is 1. The molecular formula is C19H31N3O2. The van der Waals surface area contributed by atoms with Gasteiger partial charge in [-0.2, -0.15) is 0 Å². The van der Waals surface area contributed by atoms with E-state index in [1.807, 2.05) is 38.4 Å². The Labute approximate surface area is 146 Å². The van der Waals surface area contributed by atoms with Gasteiger partial charge in [-0.15, -0.1) is 0 Å². The smallest absolute Gasteiger partial charge is 0.244 e. The Morgan fingerprint density at radius 2 is 2.00 bits per heavy atom. The van der Waals surface area contributed by atoms with Crippen LogP contribution >= 0.6 is 0 Å². The second kappa shape index (κ2) is 8.49. The fraction of sp³-hybridized carbons (Fsp3) is 0.632. The molecule has 0 radical (unpaired) electrons. The van der Waals surface area contributed by atoms with E-state index < -0.39 is 0 Å². The molecule has 2 unspecified atom stereocenters. The lowest BCUT2D eigenvalue weighted by Crippen LogP contribution is -2.54. The van der Waals surface area contributed by atoms with Gasteiger partial charge in [0, 0.05) is 39.8 Å². The monoisotopic (exact) mass is 333 g/mol. The van der Waals surface area contributed by atoms with Gasteiger partial charge < -0.3 is 15.0 Å². The predicted octanol–water partition coefficient (Wildman–Crippen LogP) is 2.14. The third-order valence-electron chi connectivity index (χ3n) is 4.34. The zero-order valence-corrected chi connectivity index (χ0v) is 15.6. The van der Waals surface area contributed by atoms with E-state index in [1.54, 1.807) is 4.90 Å². The first-order valence-corrected chi connectivity index (χ1v) is 8.80. The normalized spacial score (nSPS) is 20.0. The molecule has 24 heavy (non-hydrogen) atoms. The molecule has 2 rings (SSSR count). The van der Waals surface area contributed by atoms with Gasteiger partial charge >= 0.3 is 0 Å². The van der Waals surface area contributed by atoms with Crippen LogP contribution in [0, 0.1) is 5.92 Å². The van der Waals surface area contributed by atoms with Crippen LogP contribution in [0.3, 0.4) is 0 Å². The van der Waals surface area contributed by atoms with Gasteiger partial charge in [0.2, 0.25) is 5.91 Å². The summed E-state index contributed by atoms with van der Waals surface area (Å²) in [6.45, 7) is 9.83. The van der Waals surface area contributed by atoms with E-state index in [0.717, 1.165) is 30.9 Å². The third-order valence-corrected chi connectivity index (χ3v) is 4.34. The van der Waals surface area contributed by atoms with Crippen LogP contribution in [-0.4, -0.2) is 62.1 Å². The van der Waals surface area contributed by atoms with Crippen molar-refractivity contribution < 1.29 is 9.53 Å². The molecule has 134 valence electrons. The molecule has 2 atom stereocenters. The molecule has 1 N–H and O–H groups in total. The van der Waals surface area contributed by atoms with Crippen LogP contribution in [0.15, 0.2) is 24.3 Å². The fourth-order valence-electron chi connectivity index (χ4n) is 2.97. The number of rotatable bonds is 6. The fourth-order valence-corrected chi connectivity index (χ4v) is 2.97. The number of benzene rings is 1. The van der Waals surface area contributed by atoms with Gasteiger partial charge in [-0.1, -0.05) is 26.0 Å². The molecule has 5 heteroatoms. The number of hydrogen-bond acceptors (Lipinski definition) is 4. The minimum Gasteiger partial charge on any atom is -0.493 e. The molecule has 1 fully saturated rings. The van der Waals surface area contributed by atoms with Crippen molar-refractivity contribution in [2.45, 2.75) is 32.9 Å². The van der Waals surface area contributed by atoms with Crippen molar-refractivity contribution in [2.24, 2.45) is 5.92 Å². The van der Waals surface area contributed by atoms with Gasteiger partial charge in [0.25, 0.3) is 0 Å². The number of likely N-dealkylation sites (N-methyl/N-ethyl adjacent to an activating group) is 1. The van der Waals surface area contributed by atoms with Crippen molar-refractivity contribution in [3.63, 3.8) is 0 Å². The average molecular weight is 333 g/mol. The first-order valence-electron chi connectivity index (χ1n) is 8.80. The van der Waals surface area contributed by atoms with Crippen LogP contribution in [0.25, 0.3) is 0 Å². The van der Waals surface area contributed by atoms with E-state index in [9.17, 15) is 4.79 Å². The SMILES string of the molecule is CC(C)COc1ccc(C(C(=O)N(C)C)N2CCNCC2C)cc1. The lowest BCUT2D eigenvalue weighted by atomic mass is 10.0. The van der Waals surface area contributed by atoms with E-state index >= 15 is 0 Å². The van der Waals surface area contributed by atoms with Crippen molar-refractivity contribution in [1.29, 1.82) is 0 Å². The number of ether oxygens (including phenoxy) is 1. The third kappa shape index (κ3) is 4.71. The second-order valence-corrected chi connectivity index (χ2v) is 7.20. The molecule has 1 aromatic rings. The number of nitrogens with zero attached hydrogens (tertiary/aromatic N) is 2. The van der Waals surface area contributed by atoms with Crippen LogP contribution in [0.4, 0.5) is 0 Å². The Kier molecular flexibility index (Phi) is 6.63. The average Bonchev–Trinajstić information content (AvgIpc) is 2.55. The summed E-state index contributed by atoms with van der Waals surface area (Å²) in [6, 6.07) is 8.08. The van der Waals surface area contributed by atoms with Crippen LogP contribution < -0.4 is 10.1 Å². The second-order valence-electron chi connectivity index (χ2n) is 7.20. The highest BCUT2D eigenvalue weighted by Gasteiger charge is 2.33. The molecule has 1 aliphatic heterocycles. The van der Waals surface area contributed by atoms with Gasteiger partial charge in [-0.3, -0.25) is 9.69 Å². The lowest BCUT2D eigenvalue weighted by Gasteiger charge is -2.40. The molecule has 0 aromatic heterocycles. The molecule has 1 heterocycles. The zero-order valence-electron chi connectivity index (χ0n) is 15.6. The highest BCUT2D eigenvalue weighted by Crippen LogP contribution is 2.27. The number of carbonyl (C=O) groups excluding carboxylic acids is 1. The summed E-state index contributed by atoms with van der Waals surface area (Å²) in [6.07, 6.45) is 0. The van der Waals surface area contributed by atoms with Crippen LogP contribution in [0.5, 0.6) is 5.75 Å². The van der Waals surface area contributed by atoms with Gasteiger partial charge in [-0.05, 0) is 30.5 Å². The first kappa shape index (κ1) is 18.7. The summed E-state index contributed by atoms with van der Waals surface area (Å²) >= 11 is 0. The standard InChI is InChI=1S/C19H31N3O2/c1-14(2)13-24-17-8-6-16(7-9-17)18(19(23)21(4)5)22-11-10-20-12-15(22)3/h6-9,14-15,18,20H,10-13H2,1-5H3. The van der Waals surface area contributed by atoms with Crippen LogP contribution in [0.2, 0.25) is 0 Å². The predicted molar refractivity (Wildman–Crippen MR) is 97.2 cm³/mol. The quantitative estimate of drug-likeness (QED) is 0.866. The number of piperazine rings is 1. The molecule has 0 aliphatic carbocycles. The number of hydrogen-bond donors (Lipinski definition) is 1. The topological polar surface area (TPSA) is 44.8 Å². The van der Waals surface area contributed by atoms with Crippen molar-refractivity contribution in [3.05, 3.63) is 29.8 Å². The Hall–Kier alpha value is -1.59.